The summed E-state index contributed by atoms with van der Waals surface area (Å²) in [6, 6.07) is 10.0. The van der Waals surface area contributed by atoms with E-state index >= 15 is 0 Å². The summed E-state index contributed by atoms with van der Waals surface area (Å²) in [5, 5.41) is 2.94. The molecule has 102 valence electrons. The van der Waals surface area contributed by atoms with Gasteiger partial charge in [0.2, 0.25) is 5.91 Å². The Labute approximate surface area is 116 Å². The molecular weight excluding hydrogens is 248 g/mol. The molecule has 0 heterocycles. The summed E-state index contributed by atoms with van der Waals surface area (Å²) in [5.41, 5.74) is 6.72. The topological polar surface area (TPSA) is 55.1 Å². The Balaban J connectivity index is 0.00000289. The van der Waals surface area contributed by atoms with Crippen LogP contribution in [0.15, 0.2) is 30.3 Å². The Bertz CT molecular complexity index is 341. The van der Waals surface area contributed by atoms with Crippen molar-refractivity contribution in [3.05, 3.63) is 35.9 Å². The SMILES string of the molecule is CCC(C(=O)NCCC(C)N)c1ccccc1.Cl. The maximum absolute atomic E-state index is 12.0. The number of amides is 1. The molecule has 0 fully saturated rings. The van der Waals surface area contributed by atoms with Crippen LogP contribution in [-0.4, -0.2) is 18.5 Å². The number of rotatable bonds is 6. The van der Waals surface area contributed by atoms with Gasteiger partial charge < -0.3 is 11.1 Å². The minimum Gasteiger partial charge on any atom is -0.356 e. The molecule has 1 aromatic carbocycles. The first-order valence-electron chi connectivity index (χ1n) is 6.23. The Kier molecular flexibility index (Phi) is 8.42. The summed E-state index contributed by atoms with van der Waals surface area (Å²) in [7, 11) is 0. The third kappa shape index (κ3) is 5.52. The summed E-state index contributed by atoms with van der Waals surface area (Å²) in [6.45, 7) is 4.63. The molecule has 1 aromatic rings. The lowest BCUT2D eigenvalue weighted by atomic mass is 9.95. The van der Waals surface area contributed by atoms with Crippen LogP contribution in [0, 0.1) is 0 Å². The van der Waals surface area contributed by atoms with Crippen molar-refractivity contribution in [3.63, 3.8) is 0 Å². The molecule has 2 unspecified atom stereocenters. The highest BCUT2D eigenvalue weighted by molar-refractivity contribution is 5.85. The molecule has 0 aliphatic heterocycles. The van der Waals surface area contributed by atoms with E-state index in [2.05, 4.69) is 5.32 Å². The van der Waals surface area contributed by atoms with E-state index < -0.39 is 0 Å². The number of nitrogens with one attached hydrogen (secondary N) is 1. The van der Waals surface area contributed by atoms with Gasteiger partial charge >= 0.3 is 0 Å². The van der Waals surface area contributed by atoms with Crippen LogP contribution >= 0.6 is 12.4 Å². The number of benzene rings is 1. The molecule has 2 atom stereocenters. The second-order valence-corrected chi connectivity index (χ2v) is 4.43. The van der Waals surface area contributed by atoms with Gasteiger partial charge in [0.05, 0.1) is 5.92 Å². The molecule has 0 saturated carbocycles. The molecule has 1 amide bonds. The second-order valence-electron chi connectivity index (χ2n) is 4.43. The Hall–Kier alpha value is -1.06. The molecule has 0 saturated heterocycles. The van der Waals surface area contributed by atoms with E-state index in [4.69, 9.17) is 5.73 Å². The zero-order chi connectivity index (χ0) is 12.7. The van der Waals surface area contributed by atoms with Crippen LogP contribution in [0.2, 0.25) is 0 Å². The van der Waals surface area contributed by atoms with Gasteiger partial charge in [0, 0.05) is 12.6 Å². The molecule has 3 N–H and O–H groups in total. The average Bonchev–Trinajstić information content (AvgIpc) is 2.31. The second kappa shape index (κ2) is 8.95. The Morgan fingerprint density at radius 3 is 2.44 bits per heavy atom. The summed E-state index contributed by atoms with van der Waals surface area (Å²) in [5.74, 6) is 0.0450. The van der Waals surface area contributed by atoms with Crippen LogP contribution in [0.25, 0.3) is 0 Å². The monoisotopic (exact) mass is 270 g/mol. The van der Waals surface area contributed by atoms with Gasteiger partial charge in [-0.2, -0.15) is 0 Å². The number of carbonyl (C=O) groups excluding carboxylic acids is 1. The van der Waals surface area contributed by atoms with Crippen molar-refractivity contribution in [3.8, 4) is 0 Å². The minimum absolute atomic E-state index is 0. The van der Waals surface area contributed by atoms with Gasteiger partial charge in [-0.1, -0.05) is 37.3 Å². The van der Waals surface area contributed by atoms with Gasteiger partial charge in [0.1, 0.15) is 0 Å². The molecule has 1 rings (SSSR count). The first-order valence-corrected chi connectivity index (χ1v) is 6.23. The summed E-state index contributed by atoms with van der Waals surface area (Å²) >= 11 is 0. The fraction of sp³-hybridized carbons (Fsp3) is 0.500. The van der Waals surface area contributed by atoms with E-state index in [0.29, 0.717) is 6.54 Å². The van der Waals surface area contributed by atoms with Gasteiger partial charge in [-0.05, 0) is 25.3 Å². The Morgan fingerprint density at radius 1 is 1.33 bits per heavy atom. The standard InChI is InChI=1S/C14H22N2O.ClH/c1-3-13(12-7-5-4-6-8-12)14(17)16-10-9-11(2)15;/h4-8,11,13H,3,9-10,15H2,1-2H3,(H,16,17);1H. The predicted molar refractivity (Wildman–Crippen MR) is 78.0 cm³/mol. The molecular formula is C14H23ClN2O. The maximum Gasteiger partial charge on any atom is 0.227 e. The van der Waals surface area contributed by atoms with Crippen LogP contribution in [0.3, 0.4) is 0 Å². The third-order valence-corrected chi connectivity index (χ3v) is 2.83. The fourth-order valence-corrected chi connectivity index (χ4v) is 1.80. The summed E-state index contributed by atoms with van der Waals surface area (Å²) < 4.78 is 0. The molecule has 0 spiro atoms. The number of carbonyl (C=O) groups is 1. The first kappa shape index (κ1) is 16.9. The van der Waals surface area contributed by atoms with E-state index in [0.717, 1.165) is 18.4 Å². The number of hydrogen-bond acceptors (Lipinski definition) is 2. The molecule has 0 aromatic heterocycles. The summed E-state index contributed by atoms with van der Waals surface area (Å²) in [4.78, 5) is 12.0. The quantitative estimate of drug-likeness (QED) is 0.834. The number of halogens is 1. The molecule has 0 aliphatic carbocycles. The third-order valence-electron chi connectivity index (χ3n) is 2.83. The number of hydrogen-bond donors (Lipinski definition) is 2. The van der Waals surface area contributed by atoms with Crippen molar-refractivity contribution >= 4 is 18.3 Å². The van der Waals surface area contributed by atoms with Crippen molar-refractivity contribution in [1.82, 2.24) is 5.32 Å². The van der Waals surface area contributed by atoms with Gasteiger partial charge in [-0.25, -0.2) is 0 Å². The highest BCUT2D eigenvalue weighted by Crippen LogP contribution is 2.18. The first-order chi connectivity index (χ1) is 8.15. The van der Waals surface area contributed by atoms with Crippen molar-refractivity contribution < 1.29 is 4.79 Å². The van der Waals surface area contributed by atoms with Crippen LogP contribution in [0.1, 0.15) is 38.2 Å². The maximum atomic E-state index is 12.0. The molecule has 0 bridgehead atoms. The van der Waals surface area contributed by atoms with Crippen molar-refractivity contribution in [2.24, 2.45) is 5.73 Å². The predicted octanol–water partition coefficient (Wildman–Crippen LogP) is 2.46. The number of nitrogens with two attached hydrogens (primary N) is 1. The van der Waals surface area contributed by atoms with Gasteiger partial charge in [0.25, 0.3) is 0 Å². The fourth-order valence-electron chi connectivity index (χ4n) is 1.80. The van der Waals surface area contributed by atoms with Crippen molar-refractivity contribution in [2.75, 3.05) is 6.54 Å². The van der Waals surface area contributed by atoms with Crippen LogP contribution in [0.4, 0.5) is 0 Å². The summed E-state index contributed by atoms with van der Waals surface area (Å²) in [6.07, 6.45) is 1.63. The van der Waals surface area contributed by atoms with Gasteiger partial charge in [-0.3, -0.25) is 4.79 Å². The van der Waals surface area contributed by atoms with E-state index in [-0.39, 0.29) is 30.3 Å². The zero-order valence-electron chi connectivity index (χ0n) is 11.1. The largest absolute Gasteiger partial charge is 0.356 e. The van der Waals surface area contributed by atoms with Crippen LogP contribution < -0.4 is 11.1 Å². The van der Waals surface area contributed by atoms with Crippen LogP contribution in [-0.2, 0) is 4.79 Å². The molecule has 18 heavy (non-hydrogen) atoms. The highest BCUT2D eigenvalue weighted by Gasteiger charge is 2.17. The van der Waals surface area contributed by atoms with Gasteiger partial charge in [-0.15, -0.1) is 12.4 Å². The van der Waals surface area contributed by atoms with Crippen molar-refractivity contribution in [1.29, 1.82) is 0 Å². The van der Waals surface area contributed by atoms with E-state index in [1.165, 1.54) is 0 Å². The van der Waals surface area contributed by atoms with Crippen LogP contribution in [0.5, 0.6) is 0 Å². The smallest absolute Gasteiger partial charge is 0.227 e. The van der Waals surface area contributed by atoms with Crippen molar-refractivity contribution in [2.45, 2.75) is 38.6 Å². The minimum atomic E-state index is -0.0516. The van der Waals surface area contributed by atoms with E-state index in [1.807, 2.05) is 44.2 Å². The average molecular weight is 271 g/mol. The lowest BCUT2D eigenvalue weighted by Crippen LogP contribution is -2.32. The van der Waals surface area contributed by atoms with E-state index in [9.17, 15) is 4.79 Å². The highest BCUT2D eigenvalue weighted by atomic mass is 35.5. The normalized spacial score (nSPS) is 13.3. The lowest BCUT2D eigenvalue weighted by molar-refractivity contribution is -0.122. The zero-order valence-corrected chi connectivity index (χ0v) is 11.9. The molecule has 0 radical (unpaired) electrons. The lowest BCUT2D eigenvalue weighted by Gasteiger charge is -2.15. The molecule has 0 aliphatic rings. The van der Waals surface area contributed by atoms with Gasteiger partial charge in [0.15, 0.2) is 0 Å². The molecule has 4 heteroatoms. The Morgan fingerprint density at radius 2 is 1.94 bits per heavy atom. The molecule has 3 nitrogen and oxygen atoms in total. The van der Waals surface area contributed by atoms with E-state index in [1.54, 1.807) is 0 Å².